The summed E-state index contributed by atoms with van der Waals surface area (Å²) in [6, 6.07) is 4.75. The summed E-state index contributed by atoms with van der Waals surface area (Å²) >= 11 is 0. The third kappa shape index (κ3) is 2.68. The van der Waals surface area contributed by atoms with Crippen LogP contribution in [-0.2, 0) is 6.61 Å². The molecule has 0 radical (unpaired) electrons. The summed E-state index contributed by atoms with van der Waals surface area (Å²) in [5.41, 5.74) is 0.700. The summed E-state index contributed by atoms with van der Waals surface area (Å²) < 4.78 is 0. The number of rotatable bonds is 3. The standard InChI is InChI=1S/C16H22N2O4/c19-11-12-4-5-14(18(21)22)15(9-12)17-8-7-16(20)6-2-1-3-13(16)10-17/h4-5,9,13,19-20H,1-3,6-8,10-11H2. The summed E-state index contributed by atoms with van der Waals surface area (Å²) in [5, 5.41) is 31.3. The molecule has 1 aromatic rings. The maximum Gasteiger partial charge on any atom is 0.292 e. The zero-order valence-corrected chi connectivity index (χ0v) is 12.6. The second kappa shape index (κ2) is 5.85. The maximum atomic E-state index is 11.3. The van der Waals surface area contributed by atoms with E-state index < -0.39 is 5.60 Å². The minimum atomic E-state index is -0.599. The van der Waals surface area contributed by atoms with Gasteiger partial charge in [-0.1, -0.05) is 12.8 Å². The number of piperidine rings is 1. The molecule has 1 saturated heterocycles. The number of aliphatic hydroxyl groups is 2. The Kier molecular flexibility index (Phi) is 4.06. The van der Waals surface area contributed by atoms with Gasteiger partial charge in [-0.25, -0.2) is 0 Å². The molecule has 0 bridgehead atoms. The SMILES string of the molecule is O=[N+]([O-])c1ccc(CO)cc1N1CCC2(O)CCCCC2C1. The van der Waals surface area contributed by atoms with Gasteiger partial charge in [-0.15, -0.1) is 0 Å². The van der Waals surface area contributed by atoms with Crippen LogP contribution in [0.1, 0.15) is 37.7 Å². The number of aliphatic hydroxyl groups excluding tert-OH is 1. The minimum Gasteiger partial charge on any atom is -0.392 e. The second-order valence-corrected chi connectivity index (χ2v) is 6.48. The van der Waals surface area contributed by atoms with Crippen molar-refractivity contribution in [1.82, 2.24) is 0 Å². The first-order chi connectivity index (χ1) is 10.5. The first-order valence-corrected chi connectivity index (χ1v) is 7.89. The third-order valence-electron chi connectivity index (χ3n) is 5.19. The summed E-state index contributed by atoms with van der Waals surface area (Å²) in [5.74, 6) is 0.174. The van der Waals surface area contributed by atoms with E-state index in [1.165, 1.54) is 6.07 Å². The highest BCUT2D eigenvalue weighted by Crippen LogP contribution is 2.42. The van der Waals surface area contributed by atoms with Gasteiger partial charge >= 0.3 is 0 Å². The summed E-state index contributed by atoms with van der Waals surface area (Å²) in [6.45, 7) is 1.13. The van der Waals surface area contributed by atoms with Crippen LogP contribution in [0.2, 0.25) is 0 Å². The zero-order valence-electron chi connectivity index (χ0n) is 12.6. The molecule has 120 valence electrons. The van der Waals surface area contributed by atoms with Crippen LogP contribution in [0, 0.1) is 16.0 Å². The van der Waals surface area contributed by atoms with Gasteiger partial charge in [0.05, 0.1) is 17.1 Å². The lowest BCUT2D eigenvalue weighted by molar-refractivity contribution is -0.384. The fraction of sp³-hybridized carbons (Fsp3) is 0.625. The van der Waals surface area contributed by atoms with Crippen molar-refractivity contribution >= 4 is 11.4 Å². The Hall–Kier alpha value is -1.66. The Morgan fingerprint density at radius 3 is 2.91 bits per heavy atom. The molecule has 3 rings (SSSR count). The molecule has 1 aliphatic carbocycles. The summed E-state index contributed by atoms with van der Waals surface area (Å²) in [6.07, 6.45) is 4.63. The summed E-state index contributed by atoms with van der Waals surface area (Å²) in [7, 11) is 0. The second-order valence-electron chi connectivity index (χ2n) is 6.48. The number of benzene rings is 1. The fourth-order valence-electron chi connectivity index (χ4n) is 3.86. The van der Waals surface area contributed by atoms with Gasteiger partial charge in [0.2, 0.25) is 0 Å². The van der Waals surface area contributed by atoms with Gasteiger partial charge in [-0.05, 0) is 37.0 Å². The van der Waals surface area contributed by atoms with Crippen LogP contribution in [0.3, 0.4) is 0 Å². The average Bonchev–Trinajstić information content (AvgIpc) is 2.53. The van der Waals surface area contributed by atoms with Gasteiger partial charge in [-0.2, -0.15) is 0 Å². The minimum absolute atomic E-state index is 0.0680. The van der Waals surface area contributed by atoms with Crippen LogP contribution in [0.25, 0.3) is 0 Å². The zero-order chi connectivity index (χ0) is 15.7. The molecule has 2 aliphatic rings. The molecule has 6 nitrogen and oxygen atoms in total. The molecule has 1 heterocycles. The molecule has 2 N–H and O–H groups in total. The van der Waals surface area contributed by atoms with Crippen LogP contribution in [0.5, 0.6) is 0 Å². The fourth-order valence-corrected chi connectivity index (χ4v) is 3.86. The number of hydrogen-bond donors (Lipinski definition) is 2. The first kappa shape index (κ1) is 15.2. The van der Waals surface area contributed by atoms with Crippen molar-refractivity contribution in [1.29, 1.82) is 0 Å². The topological polar surface area (TPSA) is 86.8 Å². The van der Waals surface area contributed by atoms with Gasteiger partial charge in [0.15, 0.2) is 0 Å². The monoisotopic (exact) mass is 306 g/mol. The molecule has 0 amide bonds. The lowest BCUT2D eigenvalue weighted by Crippen LogP contribution is -2.53. The highest BCUT2D eigenvalue weighted by molar-refractivity contribution is 5.65. The van der Waals surface area contributed by atoms with Crippen LogP contribution in [0.4, 0.5) is 11.4 Å². The predicted molar refractivity (Wildman–Crippen MR) is 82.8 cm³/mol. The number of nitro groups is 1. The van der Waals surface area contributed by atoms with Gasteiger partial charge in [0.1, 0.15) is 5.69 Å². The number of hydrogen-bond acceptors (Lipinski definition) is 5. The van der Waals surface area contributed by atoms with Crippen LogP contribution >= 0.6 is 0 Å². The molecular formula is C16H22N2O4. The van der Waals surface area contributed by atoms with E-state index in [1.807, 2.05) is 4.90 Å². The Labute approximate surface area is 129 Å². The lowest BCUT2D eigenvalue weighted by Gasteiger charge is -2.48. The molecule has 22 heavy (non-hydrogen) atoms. The molecule has 2 unspecified atom stereocenters. The first-order valence-electron chi connectivity index (χ1n) is 7.89. The van der Waals surface area contributed by atoms with Crippen molar-refractivity contribution in [3.05, 3.63) is 33.9 Å². The Bertz CT molecular complexity index is 577. The molecule has 0 aromatic heterocycles. The largest absolute Gasteiger partial charge is 0.392 e. The smallest absolute Gasteiger partial charge is 0.292 e. The summed E-state index contributed by atoms with van der Waals surface area (Å²) in [4.78, 5) is 12.9. The third-order valence-corrected chi connectivity index (χ3v) is 5.19. The van der Waals surface area contributed by atoms with E-state index >= 15 is 0 Å². The Morgan fingerprint density at radius 1 is 1.36 bits per heavy atom. The highest BCUT2D eigenvalue weighted by atomic mass is 16.6. The number of anilines is 1. The maximum absolute atomic E-state index is 11.3. The van der Waals surface area contributed by atoms with Crippen molar-refractivity contribution in [3.8, 4) is 0 Å². The quantitative estimate of drug-likeness (QED) is 0.660. The highest BCUT2D eigenvalue weighted by Gasteiger charge is 2.43. The van der Waals surface area contributed by atoms with Crippen molar-refractivity contribution in [2.24, 2.45) is 5.92 Å². The van der Waals surface area contributed by atoms with E-state index in [-0.39, 0.29) is 23.1 Å². The van der Waals surface area contributed by atoms with E-state index in [1.54, 1.807) is 12.1 Å². The molecular weight excluding hydrogens is 284 g/mol. The van der Waals surface area contributed by atoms with Gasteiger partial charge < -0.3 is 15.1 Å². The average molecular weight is 306 g/mol. The van der Waals surface area contributed by atoms with E-state index in [9.17, 15) is 20.3 Å². The van der Waals surface area contributed by atoms with Gasteiger partial charge in [-0.3, -0.25) is 10.1 Å². The molecule has 1 saturated carbocycles. The van der Waals surface area contributed by atoms with Crippen LogP contribution < -0.4 is 4.90 Å². The Morgan fingerprint density at radius 2 is 2.18 bits per heavy atom. The number of fused-ring (bicyclic) bond motifs is 1. The Balaban J connectivity index is 1.89. The van der Waals surface area contributed by atoms with Crippen molar-refractivity contribution in [3.63, 3.8) is 0 Å². The number of nitrogens with zero attached hydrogens (tertiary/aromatic N) is 2. The van der Waals surface area contributed by atoms with Crippen LogP contribution in [0.15, 0.2) is 18.2 Å². The molecule has 0 spiro atoms. The molecule has 1 aliphatic heterocycles. The molecule has 6 heteroatoms. The van der Waals surface area contributed by atoms with Crippen LogP contribution in [-0.4, -0.2) is 33.8 Å². The number of nitro benzene ring substituents is 1. The van der Waals surface area contributed by atoms with Gasteiger partial charge in [0, 0.05) is 25.1 Å². The van der Waals surface area contributed by atoms with Crippen molar-refractivity contribution in [2.45, 2.75) is 44.3 Å². The molecule has 2 atom stereocenters. The van der Waals surface area contributed by atoms with Gasteiger partial charge in [0.25, 0.3) is 5.69 Å². The molecule has 2 fully saturated rings. The molecule has 1 aromatic carbocycles. The van der Waals surface area contributed by atoms with E-state index in [0.717, 1.165) is 25.7 Å². The van der Waals surface area contributed by atoms with E-state index in [4.69, 9.17) is 0 Å². The normalized spacial score (nSPS) is 28.3. The van der Waals surface area contributed by atoms with E-state index in [0.29, 0.717) is 30.8 Å². The van der Waals surface area contributed by atoms with E-state index in [2.05, 4.69) is 0 Å². The lowest BCUT2D eigenvalue weighted by atomic mass is 9.71. The van der Waals surface area contributed by atoms with Crippen molar-refractivity contribution in [2.75, 3.05) is 18.0 Å². The van der Waals surface area contributed by atoms with Crippen molar-refractivity contribution < 1.29 is 15.1 Å². The predicted octanol–water partition coefficient (Wildman–Crippen LogP) is 2.22.